The summed E-state index contributed by atoms with van der Waals surface area (Å²) in [5.41, 5.74) is 0.300. The van der Waals surface area contributed by atoms with Gasteiger partial charge in [-0.2, -0.15) is 4.31 Å². The summed E-state index contributed by atoms with van der Waals surface area (Å²) in [6, 6.07) is 0.782. The SMILES string of the molecule is CCN[C@H]1CN(CCCOC)S(=O)(=O)c2sc(S(=O)(=O)NC(=O)[C@H](C)OC(=O)[C@H](C)OC(=O)CC)cc21. The van der Waals surface area contributed by atoms with Crippen LogP contribution < -0.4 is 10.0 Å². The Balaban J connectivity index is 2.23. The molecule has 0 bridgehead atoms. The summed E-state index contributed by atoms with van der Waals surface area (Å²) in [4.78, 5) is 35.9. The molecule has 0 unspecified atom stereocenters. The van der Waals surface area contributed by atoms with Crippen LogP contribution in [0, 0.1) is 0 Å². The van der Waals surface area contributed by atoms with Gasteiger partial charge in [0.2, 0.25) is 0 Å². The number of esters is 2. The van der Waals surface area contributed by atoms with Gasteiger partial charge in [-0.3, -0.25) is 9.59 Å². The molecule has 0 fully saturated rings. The molecule has 2 N–H and O–H groups in total. The van der Waals surface area contributed by atoms with Gasteiger partial charge in [-0.15, -0.1) is 11.3 Å². The topological polar surface area (TPSA) is 174 Å². The van der Waals surface area contributed by atoms with E-state index in [1.54, 1.807) is 0 Å². The lowest BCUT2D eigenvalue weighted by Gasteiger charge is -2.32. The molecular formula is C21H33N3O10S3. The second kappa shape index (κ2) is 13.1. The standard InChI is InChI=1S/C21H33N3O10S3/c1-6-17(25)33-14(4)20(27)34-13(3)19(26)23-36(28,29)18-11-15-16(22-7-2)12-24(9-8-10-32-5)37(30,31)21(15)35-18/h11,13-14,16,22H,6-10,12H2,1-5H3,(H,23,26)/t13-,14-,16-/m0/s1. The van der Waals surface area contributed by atoms with Crippen molar-refractivity contribution in [2.24, 2.45) is 0 Å². The molecule has 1 aromatic rings. The third-order valence-electron chi connectivity index (χ3n) is 5.34. The smallest absolute Gasteiger partial charge is 0.347 e. The van der Waals surface area contributed by atoms with Crippen molar-refractivity contribution in [1.29, 1.82) is 0 Å². The molecule has 1 aliphatic heterocycles. The third kappa shape index (κ3) is 7.70. The molecule has 1 aliphatic rings. The predicted octanol–water partition coefficient (Wildman–Crippen LogP) is 0.518. The maximum atomic E-state index is 13.2. The number of nitrogens with zero attached hydrogens (tertiary/aromatic N) is 1. The van der Waals surface area contributed by atoms with E-state index < -0.39 is 56.1 Å². The van der Waals surface area contributed by atoms with Crippen LogP contribution in [0.3, 0.4) is 0 Å². The van der Waals surface area contributed by atoms with Crippen LogP contribution in [0.25, 0.3) is 0 Å². The Morgan fingerprint density at radius 2 is 1.86 bits per heavy atom. The molecule has 0 saturated heterocycles. The van der Waals surface area contributed by atoms with E-state index in [4.69, 9.17) is 14.2 Å². The van der Waals surface area contributed by atoms with Crippen molar-refractivity contribution in [1.82, 2.24) is 14.3 Å². The van der Waals surface area contributed by atoms with Crippen LogP contribution >= 0.6 is 11.3 Å². The molecule has 13 nitrogen and oxygen atoms in total. The number of hydrogen-bond acceptors (Lipinski definition) is 12. The highest BCUT2D eigenvalue weighted by Gasteiger charge is 2.40. The van der Waals surface area contributed by atoms with Gasteiger partial charge in [0.25, 0.3) is 26.0 Å². The lowest BCUT2D eigenvalue weighted by atomic mass is 10.1. The van der Waals surface area contributed by atoms with Crippen molar-refractivity contribution in [2.45, 2.75) is 67.2 Å². The van der Waals surface area contributed by atoms with E-state index >= 15 is 0 Å². The van der Waals surface area contributed by atoms with Gasteiger partial charge >= 0.3 is 11.9 Å². The molecule has 37 heavy (non-hydrogen) atoms. The number of rotatable bonds is 13. The van der Waals surface area contributed by atoms with Crippen LogP contribution in [-0.2, 0) is 48.6 Å². The van der Waals surface area contributed by atoms with Gasteiger partial charge in [-0.05, 0) is 32.9 Å². The molecule has 0 spiro atoms. The number of carbonyl (C=O) groups is 3. The molecule has 2 heterocycles. The first-order chi connectivity index (χ1) is 17.3. The first-order valence-corrected chi connectivity index (χ1v) is 15.3. The number of amides is 1. The van der Waals surface area contributed by atoms with Gasteiger partial charge in [-0.1, -0.05) is 13.8 Å². The number of methoxy groups -OCH3 is 1. The average Bonchev–Trinajstić information content (AvgIpc) is 3.30. The summed E-state index contributed by atoms with van der Waals surface area (Å²) >= 11 is 0.535. The number of nitrogens with one attached hydrogen (secondary N) is 2. The van der Waals surface area contributed by atoms with Gasteiger partial charge in [0.15, 0.2) is 12.2 Å². The van der Waals surface area contributed by atoms with Crippen molar-refractivity contribution in [3.05, 3.63) is 11.6 Å². The quantitative estimate of drug-likeness (QED) is 0.245. The third-order valence-corrected chi connectivity index (χ3v) is 10.7. The van der Waals surface area contributed by atoms with Crippen LogP contribution in [0.15, 0.2) is 14.5 Å². The second-order valence-corrected chi connectivity index (χ2v) is 13.3. The maximum Gasteiger partial charge on any atom is 0.347 e. The minimum atomic E-state index is -4.49. The monoisotopic (exact) mass is 583 g/mol. The zero-order valence-electron chi connectivity index (χ0n) is 21.3. The minimum absolute atomic E-state index is 0.0337. The summed E-state index contributed by atoms with van der Waals surface area (Å²) in [7, 11) is -6.95. The fourth-order valence-corrected chi connectivity index (χ4v) is 8.32. The molecule has 210 valence electrons. The maximum absolute atomic E-state index is 13.2. The summed E-state index contributed by atoms with van der Waals surface area (Å²) < 4.78 is 69.6. The molecule has 16 heteroatoms. The molecule has 1 aromatic heterocycles. The fourth-order valence-electron chi connectivity index (χ4n) is 3.40. The Kier molecular flexibility index (Phi) is 11.0. The largest absolute Gasteiger partial charge is 0.451 e. The first kappa shape index (κ1) is 31.1. The summed E-state index contributed by atoms with van der Waals surface area (Å²) in [5.74, 6) is -2.82. The highest BCUT2D eigenvalue weighted by atomic mass is 32.3. The zero-order valence-corrected chi connectivity index (χ0v) is 23.8. The Morgan fingerprint density at radius 1 is 1.19 bits per heavy atom. The van der Waals surface area contributed by atoms with Crippen molar-refractivity contribution >= 4 is 49.2 Å². The number of fused-ring (bicyclic) bond motifs is 1. The molecule has 2 rings (SSSR count). The number of thiophene rings is 1. The summed E-state index contributed by atoms with van der Waals surface area (Å²) in [5, 5.41) is 3.17. The molecule has 0 aliphatic carbocycles. The van der Waals surface area contributed by atoms with E-state index in [1.807, 2.05) is 11.6 Å². The Hall–Kier alpha value is -2.11. The number of hydrogen-bond donors (Lipinski definition) is 2. The molecule has 0 radical (unpaired) electrons. The van der Waals surface area contributed by atoms with E-state index in [-0.39, 0.29) is 27.9 Å². The van der Waals surface area contributed by atoms with Gasteiger partial charge in [0.05, 0.1) is 0 Å². The van der Waals surface area contributed by atoms with Crippen molar-refractivity contribution < 1.29 is 45.4 Å². The van der Waals surface area contributed by atoms with Crippen LogP contribution in [-0.4, -0.2) is 84.5 Å². The summed E-state index contributed by atoms with van der Waals surface area (Å²) in [6.45, 7) is 6.98. The number of likely N-dealkylation sites (N-methyl/N-ethyl adjacent to an activating group) is 1. The molecule has 3 atom stereocenters. The van der Waals surface area contributed by atoms with Crippen molar-refractivity contribution in [3.8, 4) is 0 Å². The minimum Gasteiger partial charge on any atom is -0.451 e. The fraction of sp³-hybridized carbons (Fsp3) is 0.667. The molecule has 0 aromatic carbocycles. The Morgan fingerprint density at radius 3 is 2.46 bits per heavy atom. The average molecular weight is 584 g/mol. The summed E-state index contributed by atoms with van der Waals surface area (Å²) in [6.07, 6.45) is -2.33. The normalized spacial score (nSPS) is 18.9. The second-order valence-electron chi connectivity index (χ2n) is 8.16. The van der Waals surface area contributed by atoms with Crippen LogP contribution in [0.5, 0.6) is 0 Å². The van der Waals surface area contributed by atoms with E-state index in [0.717, 1.165) is 6.92 Å². The van der Waals surface area contributed by atoms with E-state index in [9.17, 15) is 31.2 Å². The Bertz CT molecular complexity index is 1200. The highest BCUT2D eigenvalue weighted by molar-refractivity contribution is 7.94. The Labute approximate surface area is 220 Å². The number of carbonyl (C=O) groups excluding carboxylic acids is 3. The van der Waals surface area contributed by atoms with E-state index in [0.29, 0.717) is 36.5 Å². The van der Waals surface area contributed by atoms with Crippen LogP contribution in [0.4, 0.5) is 0 Å². The van der Waals surface area contributed by atoms with E-state index in [2.05, 4.69) is 5.32 Å². The van der Waals surface area contributed by atoms with Crippen molar-refractivity contribution in [2.75, 3.05) is 33.4 Å². The van der Waals surface area contributed by atoms with Crippen LogP contribution in [0.2, 0.25) is 0 Å². The first-order valence-electron chi connectivity index (χ1n) is 11.6. The van der Waals surface area contributed by atoms with Gasteiger partial charge in [-0.25, -0.2) is 26.4 Å². The van der Waals surface area contributed by atoms with Crippen molar-refractivity contribution in [3.63, 3.8) is 0 Å². The van der Waals surface area contributed by atoms with Gasteiger partial charge in [0, 0.05) is 44.8 Å². The molecule has 0 saturated carbocycles. The zero-order chi connectivity index (χ0) is 28.0. The van der Waals surface area contributed by atoms with Gasteiger partial charge in [0.1, 0.15) is 8.42 Å². The van der Waals surface area contributed by atoms with Crippen LogP contribution in [0.1, 0.15) is 52.1 Å². The number of ether oxygens (including phenoxy) is 3. The lowest BCUT2D eigenvalue weighted by molar-refractivity contribution is -0.171. The predicted molar refractivity (Wildman–Crippen MR) is 133 cm³/mol. The molecular weight excluding hydrogens is 550 g/mol. The number of sulfonamides is 2. The molecule has 1 amide bonds. The lowest BCUT2D eigenvalue weighted by Crippen LogP contribution is -2.43. The van der Waals surface area contributed by atoms with Gasteiger partial charge < -0.3 is 19.5 Å². The highest BCUT2D eigenvalue weighted by Crippen LogP contribution is 2.40. The van der Waals surface area contributed by atoms with E-state index in [1.165, 1.54) is 31.3 Å².